The Kier molecular flexibility index (Phi) is 4.76. The smallest absolute Gasteiger partial charge is 0.406 e. The molecule has 30 heavy (non-hydrogen) atoms. The average molecular weight is 422 g/mol. The van der Waals surface area contributed by atoms with Gasteiger partial charge in [-0.25, -0.2) is 9.07 Å². The molecule has 4 aromatic rings. The molecule has 156 valence electrons. The second-order valence-electron chi connectivity index (χ2n) is 6.36. The van der Waals surface area contributed by atoms with E-state index in [1.807, 2.05) is 0 Å². The monoisotopic (exact) mass is 422 g/mol. The molecular weight excluding hydrogens is 408 g/mol. The third kappa shape index (κ3) is 3.63. The first-order chi connectivity index (χ1) is 14.3. The highest BCUT2D eigenvalue weighted by Crippen LogP contribution is 2.28. The summed E-state index contributed by atoms with van der Waals surface area (Å²) < 4.78 is 58.0. The molecule has 0 saturated heterocycles. The van der Waals surface area contributed by atoms with Crippen LogP contribution >= 0.6 is 0 Å². The zero-order valence-corrected chi connectivity index (χ0v) is 15.5. The van der Waals surface area contributed by atoms with Gasteiger partial charge in [-0.2, -0.15) is 5.10 Å². The third-order valence-corrected chi connectivity index (χ3v) is 4.33. The van der Waals surface area contributed by atoms with Crippen molar-refractivity contribution in [2.45, 2.75) is 12.9 Å². The fourth-order valence-electron chi connectivity index (χ4n) is 3.09. The second-order valence-corrected chi connectivity index (χ2v) is 6.36. The summed E-state index contributed by atoms with van der Waals surface area (Å²) in [7, 11) is 1.72. The van der Waals surface area contributed by atoms with Gasteiger partial charge in [0.25, 0.3) is 5.56 Å². The highest BCUT2D eigenvalue weighted by atomic mass is 19.4. The highest BCUT2D eigenvalue weighted by Gasteiger charge is 2.31. The molecule has 1 aromatic carbocycles. The lowest BCUT2D eigenvalue weighted by Gasteiger charge is -2.12. The van der Waals surface area contributed by atoms with E-state index in [1.54, 1.807) is 24.1 Å². The molecule has 3 heterocycles. The van der Waals surface area contributed by atoms with Crippen molar-refractivity contribution in [1.82, 2.24) is 29.3 Å². The number of alkyl halides is 4. The number of benzene rings is 1. The maximum atomic E-state index is 13.0. The molecule has 0 amide bonds. The van der Waals surface area contributed by atoms with Gasteiger partial charge in [0.05, 0.1) is 12.7 Å². The Morgan fingerprint density at radius 1 is 1.13 bits per heavy atom. The SMILES string of the molecule is Cn1cc(-c2cn(-c3ccc(OC(F)(F)F)cc3)c(=O)c3nnn(CCF)c23)cn1. The van der Waals surface area contributed by atoms with Gasteiger partial charge in [-0.1, -0.05) is 5.21 Å². The lowest BCUT2D eigenvalue weighted by molar-refractivity contribution is -0.274. The Morgan fingerprint density at radius 3 is 2.47 bits per heavy atom. The summed E-state index contributed by atoms with van der Waals surface area (Å²) in [5, 5.41) is 11.9. The minimum absolute atomic E-state index is 0.000390. The molecule has 4 rings (SSSR count). The van der Waals surface area contributed by atoms with E-state index in [0.717, 1.165) is 12.1 Å². The molecule has 0 N–H and O–H groups in total. The summed E-state index contributed by atoms with van der Waals surface area (Å²) in [6, 6.07) is 4.83. The standard InChI is InChI=1S/C18H14F4N6O2/c1-26-9-11(8-23-26)14-10-27(12-2-4-13(5-3-12)30-18(20,21)22)17(29)15-16(14)28(7-6-19)25-24-15/h2-5,8-10H,6-7H2,1H3. The van der Waals surface area contributed by atoms with Crippen LogP contribution in [0.5, 0.6) is 5.75 Å². The Labute approximate surface area is 165 Å². The number of hydrogen-bond acceptors (Lipinski definition) is 5. The van der Waals surface area contributed by atoms with Gasteiger partial charge in [-0.05, 0) is 24.3 Å². The van der Waals surface area contributed by atoms with Crippen molar-refractivity contribution in [3.63, 3.8) is 0 Å². The minimum atomic E-state index is -4.82. The zero-order chi connectivity index (χ0) is 21.5. The minimum Gasteiger partial charge on any atom is -0.406 e. The molecule has 0 bridgehead atoms. The topological polar surface area (TPSA) is 79.8 Å². The number of aryl methyl sites for hydroxylation is 2. The Bertz CT molecular complexity index is 1260. The number of rotatable bonds is 5. The van der Waals surface area contributed by atoms with Crippen molar-refractivity contribution in [1.29, 1.82) is 0 Å². The largest absolute Gasteiger partial charge is 0.573 e. The average Bonchev–Trinajstić information content (AvgIpc) is 3.29. The van der Waals surface area contributed by atoms with Gasteiger partial charge in [-0.3, -0.25) is 14.0 Å². The van der Waals surface area contributed by atoms with Crippen molar-refractivity contribution in [2.75, 3.05) is 6.67 Å². The van der Waals surface area contributed by atoms with Gasteiger partial charge in [-0.15, -0.1) is 18.3 Å². The van der Waals surface area contributed by atoms with Crippen molar-refractivity contribution >= 4 is 11.0 Å². The molecule has 0 saturated carbocycles. The van der Waals surface area contributed by atoms with E-state index in [4.69, 9.17) is 0 Å². The molecule has 0 unspecified atom stereocenters. The van der Waals surface area contributed by atoms with Crippen LogP contribution in [-0.2, 0) is 13.6 Å². The number of ether oxygens (including phenoxy) is 1. The van der Waals surface area contributed by atoms with E-state index < -0.39 is 24.3 Å². The summed E-state index contributed by atoms with van der Waals surface area (Å²) >= 11 is 0. The fourth-order valence-corrected chi connectivity index (χ4v) is 3.09. The van der Waals surface area contributed by atoms with Gasteiger partial charge in [0.2, 0.25) is 0 Å². The zero-order valence-electron chi connectivity index (χ0n) is 15.5. The molecule has 0 radical (unpaired) electrons. The number of fused-ring (bicyclic) bond motifs is 1. The van der Waals surface area contributed by atoms with Crippen LogP contribution in [-0.4, -0.2) is 42.4 Å². The fraction of sp³-hybridized carbons (Fsp3) is 0.222. The summed E-state index contributed by atoms with van der Waals surface area (Å²) in [6.07, 6.45) is -0.0493. The first-order valence-corrected chi connectivity index (χ1v) is 8.67. The summed E-state index contributed by atoms with van der Waals surface area (Å²) in [5.74, 6) is -0.415. The van der Waals surface area contributed by atoms with E-state index in [1.165, 1.54) is 27.6 Å². The quantitative estimate of drug-likeness (QED) is 0.462. The predicted molar refractivity (Wildman–Crippen MR) is 98.0 cm³/mol. The van der Waals surface area contributed by atoms with Crippen LogP contribution in [0.3, 0.4) is 0 Å². The molecule has 0 fully saturated rings. The van der Waals surface area contributed by atoms with Crippen LogP contribution in [0.2, 0.25) is 0 Å². The Balaban J connectivity index is 1.89. The maximum Gasteiger partial charge on any atom is 0.573 e. The molecule has 0 aliphatic carbocycles. The van der Waals surface area contributed by atoms with Crippen molar-refractivity contribution < 1.29 is 22.3 Å². The van der Waals surface area contributed by atoms with Gasteiger partial charge >= 0.3 is 6.36 Å². The Hall–Kier alpha value is -3.70. The first-order valence-electron chi connectivity index (χ1n) is 8.67. The van der Waals surface area contributed by atoms with Crippen LogP contribution in [0.25, 0.3) is 27.8 Å². The predicted octanol–water partition coefficient (Wildman–Crippen LogP) is 2.85. The van der Waals surface area contributed by atoms with Crippen molar-refractivity contribution in [3.8, 4) is 22.6 Å². The first kappa shape index (κ1) is 19.6. The van der Waals surface area contributed by atoms with Crippen molar-refractivity contribution in [2.24, 2.45) is 7.05 Å². The number of halogens is 4. The maximum absolute atomic E-state index is 13.0. The number of hydrogen-bond donors (Lipinski definition) is 0. The Morgan fingerprint density at radius 2 is 1.87 bits per heavy atom. The molecule has 12 heteroatoms. The van der Waals surface area contributed by atoms with Crippen LogP contribution < -0.4 is 10.3 Å². The molecule has 3 aromatic heterocycles. The van der Waals surface area contributed by atoms with Gasteiger partial charge in [0, 0.05) is 36.3 Å². The van der Waals surface area contributed by atoms with E-state index >= 15 is 0 Å². The van der Waals surface area contributed by atoms with Crippen LogP contribution in [0.4, 0.5) is 17.6 Å². The molecule has 0 aliphatic heterocycles. The number of aromatic nitrogens is 6. The van der Waals surface area contributed by atoms with Gasteiger partial charge in [0.15, 0.2) is 5.52 Å². The van der Waals surface area contributed by atoms with Crippen LogP contribution in [0, 0.1) is 0 Å². The molecule has 0 atom stereocenters. The normalized spacial score (nSPS) is 11.9. The number of pyridine rings is 1. The van der Waals surface area contributed by atoms with E-state index in [0.29, 0.717) is 22.3 Å². The van der Waals surface area contributed by atoms with Crippen LogP contribution in [0.1, 0.15) is 0 Å². The summed E-state index contributed by atoms with van der Waals surface area (Å²) in [4.78, 5) is 13.0. The van der Waals surface area contributed by atoms with Crippen molar-refractivity contribution in [3.05, 3.63) is 53.2 Å². The molecule has 0 aliphatic rings. The molecule has 0 spiro atoms. The van der Waals surface area contributed by atoms with Gasteiger partial charge in [0.1, 0.15) is 17.9 Å². The lowest BCUT2D eigenvalue weighted by atomic mass is 10.1. The second kappa shape index (κ2) is 7.28. The lowest BCUT2D eigenvalue weighted by Crippen LogP contribution is -2.20. The summed E-state index contributed by atoms with van der Waals surface area (Å²) in [5.41, 5.74) is 1.25. The third-order valence-electron chi connectivity index (χ3n) is 4.33. The van der Waals surface area contributed by atoms with E-state index in [9.17, 15) is 22.4 Å². The summed E-state index contributed by atoms with van der Waals surface area (Å²) in [6.45, 7) is -0.786. The van der Waals surface area contributed by atoms with Crippen LogP contribution in [0.15, 0.2) is 47.7 Å². The molecular formula is C18H14F4N6O2. The highest BCUT2D eigenvalue weighted by molar-refractivity contribution is 5.90. The van der Waals surface area contributed by atoms with Gasteiger partial charge < -0.3 is 4.74 Å². The van der Waals surface area contributed by atoms with E-state index in [2.05, 4.69) is 20.1 Å². The van der Waals surface area contributed by atoms with E-state index in [-0.39, 0.29) is 12.1 Å². The molecule has 8 nitrogen and oxygen atoms in total. The number of nitrogens with zero attached hydrogens (tertiary/aromatic N) is 6.